The smallest absolute Gasteiger partial charge is 0.219 e. The maximum atomic E-state index is 11.6. The Morgan fingerprint density at radius 2 is 1.92 bits per heavy atom. The summed E-state index contributed by atoms with van der Waals surface area (Å²) in [7, 11) is 0. The van der Waals surface area contributed by atoms with E-state index in [2.05, 4.69) is 0 Å². The first kappa shape index (κ1) is 8.82. The van der Waals surface area contributed by atoms with Crippen molar-refractivity contribution in [2.24, 2.45) is 0 Å². The maximum Gasteiger partial charge on any atom is 0.219 e. The molecule has 0 aliphatic heterocycles. The summed E-state index contributed by atoms with van der Waals surface area (Å²) in [6.45, 7) is 0. The Bertz CT molecular complexity index is 290. The summed E-state index contributed by atoms with van der Waals surface area (Å²) < 4.78 is 0. The largest absolute Gasteiger partial charge is 0.282 e. The number of carbonyl (C=O) groups excluding carboxylic acids is 1. The monoisotopic (exact) mass is 192 g/mol. The van der Waals surface area contributed by atoms with Crippen LogP contribution in [0.3, 0.4) is 0 Å². The third kappa shape index (κ3) is 2.13. The van der Waals surface area contributed by atoms with Gasteiger partial charge in [-0.05, 0) is 12.8 Å². The summed E-state index contributed by atoms with van der Waals surface area (Å²) >= 11 is 1.50. The van der Waals surface area contributed by atoms with Gasteiger partial charge in [0, 0.05) is 10.8 Å². The predicted molar refractivity (Wildman–Crippen MR) is 56.0 cm³/mol. The second kappa shape index (κ2) is 3.97. The first-order valence-electron chi connectivity index (χ1n) is 4.62. The van der Waals surface area contributed by atoms with E-state index >= 15 is 0 Å². The second-order valence-corrected chi connectivity index (χ2v) is 4.60. The Hall–Kier alpha value is -0.760. The lowest BCUT2D eigenvalue weighted by Crippen LogP contribution is -2.15. The van der Waals surface area contributed by atoms with Gasteiger partial charge in [0.05, 0.1) is 0 Å². The van der Waals surface area contributed by atoms with Crippen molar-refractivity contribution in [2.75, 3.05) is 0 Å². The highest BCUT2D eigenvalue weighted by molar-refractivity contribution is 8.14. The first-order chi connectivity index (χ1) is 6.36. The van der Waals surface area contributed by atoms with Crippen LogP contribution in [0.15, 0.2) is 30.3 Å². The third-order valence-corrected chi connectivity index (χ3v) is 3.59. The molecule has 1 aromatic carbocycles. The van der Waals surface area contributed by atoms with Crippen molar-refractivity contribution in [3.8, 4) is 0 Å². The summed E-state index contributed by atoms with van der Waals surface area (Å²) in [5, 5.41) is 0.818. The van der Waals surface area contributed by atoms with Crippen LogP contribution in [0.4, 0.5) is 0 Å². The second-order valence-electron chi connectivity index (χ2n) is 3.32. The minimum atomic E-state index is 0.227. The van der Waals surface area contributed by atoms with Crippen molar-refractivity contribution in [3.05, 3.63) is 35.9 Å². The highest BCUT2D eigenvalue weighted by Gasteiger charge is 2.21. The molecule has 0 bridgehead atoms. The van der Waals surface area contributed by atoms with Crippen LogP contribution in [0.2, 0.25) is 0 Å². The molecular formula is C11H12OS. The Balaban J connectivity index is 1.97. The number of hydrogen-bond donors (Lipinski definition) is 0. The van der Waals surface area contributed by atoms with Crippen LogP contribution >= 0.6 is 11.8 Å². The van der Waals surface area contributed by atoms with Crippen LogP contribution in [0, 0.1) is 0 Å². The lowest BCUT2D eigenvalue weighted by Gasteiger charge is -2.23. The van der Waals surface area contributed by atoms with E-state index in [9.17, 15) is 4.79 Å². The van der Waals surface area contributed by atoms with Gasteiger partial charge in [-0.1, -0.05) is 48.5 Å². The lowest BCUT2D eigenvalue weighted by atomic mass is 10.0. The van der Waals surface area contributed by atoms with E-state index < -0.39 is 0 Å². The van der Waals surface area contributed by atoms with Crippen LogP contribution in [0.25, 0.3) is 0 Å². The molecule has 1 fully saturated rings. The SMILES string of the molecule is O=C(SC1CCC1)c1ccccc1. The molecule has 1 aliphatic carbocycles. The number of benzene rings is 1. The minimum absolute atomic E-state index is 0.227. The fraction of sp³-hybridized carbons (Fsp3) is 0.364. The molecular weight excluding hydrogens is 180 g/mol. The molecule has 13 heavy (non-hydrogen) atoms. The number of thioether (sulfide) groups is 1. The molecule has 0 amide bonds. The van der Waals surface area contributed by atoms with Crippen LogP contribution in [-0.4, -0.2) is 10.4 Å². The zero-order valence-electron chi connectivity index (χ0n) is 7.40. The molecule has 68 valence electrons. The van der Waals surface area contributed by atoms with Gasteiger partial charge in [-0.2, -0.15) is 0 Å². The number of hydrogen-bond acceptors (Lipinski definition) is 2. The molecule has 0 atom stereocenters. The molecule has 0 unspecified atom stereocenters. The molecule has 0 radical (unpaired) electrons. The normalized spacial score (nSPS) is 16.6. The highest BCUT2D eigenvalue weighted by atomic mass is 32.2. The Morgan fingerprint density at radius 1 is 1.23 bits per heavy atom. The topological polar surface area (TPSA) is 17.1 Å². The van der Waals surface area contributed by atoms with Gasteiger partial charge in [0.1, 0.15) is 0 Å². The summed E-state index contributed by atoms with van der Waals surface area (Å²) in [5.41, 5.74) is 0.833. The van der Waals surface area contributed by atoms with Crippen molar-refractivity contribution in [1.29, 1.82) is 0 Å². The average molecular weight is 192 g/mol. The first-order valence-corrected chi connectivity index (χ1v) is 5.50. The molecule has 0 aromatic heterocycles. The van der Waals surface area contributed by atoms with E-state index in [1.54, 1.807) is 0 Å². The van der Waals surface area contributed by atoms with Crippen LogP contribution in [0.1, 0.15) is 29.6 Å². The van der Waals surface area contributed by atoms with Crippen molar-refractivity contribution in [2.45, 2.75) is 24.5 Å². The van der Waals surface area contributed by atoms with Gasteiger partial charge in [0.25, 0.3) is 0 Å². The number of rotatable bonds is 2. The molecule has 2 heteroatoms. The predicted octanol–water partition coefficient (Wildman–Crippen LogP) is 3.11. The summed E-state index contributed by atoms with van der Waals surface area (Å²) in [6.07, 6.45) is 3.71. The Kier molecular flexibility index (Phi) is 2.69. The van der Waals surface area contributed by atoms with E-state index in [0.717, 1.165) is 5.56 Å². The molecule has 1 nitrogen and oxygen atoms in total. The van der Waals surface area contributed by atoms with Gasteiger partial charge >= 0.3 is 0 Å². The average Bonchev–Trinajstić information content (AvgIpc) is 2.12. The zero-order chi connectivity index (χ0) is 9.10. The molecule has 0 spiro atoms. The van der Waals surface area contributed by atoms with Gasteiger partial charge in [0.15, 0.2) is 0 Å². The molecule has 0 saturated heterocycles. The van der Waals surface area contributed by atoms with E-state index in [0.29, 0.717) is 5.25 Å². The maximum absolute atomic E-state index is 11.6. The van der Waals surface area contributed by atoms with Gasteiger partial charge in [-0.15, -0.1) is 0 Å². The van der Waals surface area contributed by atoms with E-state index in [-0.39, 0.29) is 5.12 Å². The third-order valence-electron chi connectivity index (χ3n) is 2.34. The van der Waals surface area contributed by atoms with Crippen molar-refractivity contribution >= 4 is 16.9 Å². The van der Waals surface area contributed by atoms with E-state index in [1.165, 1.54) is 31.0 Å². The van der Waals surface area contributed by atoms with Crippen LogP contribution in [0.5, 0.6) is 0 Å². The zero-order valence-corrected chi connectivity index (χ0v) is 8.22. The summed E-state index contributed by atoms with van der Waals surface area (Å²) in [5.74, 6) is 0. The lowest BCUT2D eigenvalue weighted by molar-refractivity contribution is 0.108. The van der Waals surface area contributed by atoms with Gasteiger partial charge in [-0.3, -0.25) is 4.79 Å². The van der Waals surface area contributed by atoms with Crippen LogP contribution in [-0.2, 0) is 0 Å². The molecule has 0 N–H and O–H groups in total. The standard InChI is InChI=1S/C11H12OS/c12-11(13-10-7-4-8-10)9-5-2-1-3-6-9/h1-3,5-6,10H,4,7-8H2. The van der Waals surface area contributed by atoms with Gasteiger partial charge in [0.2, 0.25) is 5.12 Å². The van der Waals surface area contributed by atoms with E-state index in [1.807, 2.05) is 30.3 Å². The molecule has 2 rings (SSSR count). The van der Waals surface area contributed by atoms with E-state index in [4.69, 9.17) is 0 Å². The van der Waals surface area contributed by atoms with Crippen LogP contribution < -0.4 is 0 Å². The van der Waals surface area contributed by atoms with Crippen molar-refractivity contribution in [1.82, 2.24) is 0 Å². The van der Waals surface area contributed by atoms with Gasteiger partial charge in [-0.25, -0.2) is 0 Å². The minimum Gasteiger partial charge on any atom is -0.282 e. The fourth-order valence-electron chi connectivity index (χ4n) is 1.28. The molecule has 1 aromatic rings. The van der Waals surface area contributed by atoms with Crippen molar-refractivity contribution in [3.63, 3.8) is 0 Å². The quantitative estimate of drug-likeness (QED) is 0.716. The molecule has 1 saturated carbocycles. The number of carbonyl (C=O) groups is 1. The van der Waals surface area contributed by atoms with Gasteiger partial charge < -0.3 is 0 Å². The fourth-order valence-corrected chi connectivity index (χ4v) is 2.43. The Labute approximate surface area is 82.5 Å². The molecule has 1 aliphatic rings. The Morgan fingerprint density at radius 3 is 2.46 bits per heavy atom. The van der Waals surface area contributed by atoms with Crippen molar-refractivity contribution < 1.29 is 4.79 Å². The molecule has 0 heterocycles. The summed E-state index contributed by atoms with van der Waals surface area (Å²) in [4.78, 5) is 11.6. The highest BCUT2D eigenvalue weighted by Crippen LogP contribution is 2.33. The summed E-state index contributed by atoms with van der Waals surface area (Å²) in [6, 6.07) is 9.52.